The van der Waals surface area contributed by atoms with E-state index in [0.29, 0.717) is 0 Å². The minimum Gasteiger partial charge on any atom is -0.339 e. The molecule has 0 radical (unpaired) electrons. The zero-order valence-corrected chi connectivity index (χ0v) is 10.4. The van der Waals surface area contributed by atoms with Gasteiger partial charge in [0, 0.05) is 5.69 Å². The van der Waals surface area contributed by atoms with Crippen LogP contribution in [-0.2, 0) is 0 Å². The van der Waals surface area contributed by atoms with Crippen LogP contribution in [0, 0.1) is 0 Å². The molecule has 0 aliphatic carbocycles. The molecule has 3 aromatic rings. The minimum atomic E-state index is 0.780. The number of aromatic nitrogens is 3. The van der Waals surface area contributed by atoms with Crippen LogP contribution in [0.4, 0.5) is 11.5 Å². The number of anilines is 2. The average Bonchev–Trinajstić information content (AvgIpc) is 2.73. The molecule has 0 bridgehead atoms. The van der Waals surface area contributed by atoms with Gasteiger partial charge in [0.2, 0.25) is 0 Å². The molecule has 2 aromatic heterocycles. The van der Waals surface area contributed by atoms with Crippen LogP contribution in [-0.4, -0.2) is 14.6 Å². The third-order valence-electron chi connectivity index (χ3n) is 2.37. The van der Waals surface area contributed by atoms with E-state index in [-0.39, 0.29) is 0 Å². The number of hydrogen-bond donors (Lipinski definition) is 1. The lowest BCUT2D eigenvalue weighted by Crippen LogP contribution is -1.98. The molecule has 0 aliphatic rings. The lowest BCUT2D eigenvalue weighted by atomic mass is 10.3. The van der Waals surface area contributed by atoms with Crippen LogP contribution in [0.15, 0.2) is 53.3 Å². The van der Waals surface area contributed by atoms with Gasteiger partial charge in [0.05, 0.1) is 6.20 Å². The minimum absolute atomic E-state index is 0.780. The Balaban J connectivity index is 1.98. The van der Waals surface area contributed by atoms with Crippen molar-refractivity contribution in [3.63, 3.8) is 0 Å². The largest absolute Gasteiger partial charge is 0.339 e. The topological polar surface area (TPSA) is 42.2 Å². The standard InChI is InChI=1S/C12H9BrN4/c13-10-8-14-12-7-6-11(16-17(10)12)15-9-4-2-1-3-5-9/h1-8H,(H,15,16). The zero-order chi connectivity index (χ0) is 11.7. The van der Waals surface area contributed by atoms with Crippen LogP contribution >= 0.6 is 15.9 Å². The summed E-state index contributed by atoms with van der Waals surface area (Å²) in [5, 5.41) is 7.66. The molecule has 84 valence electrons. The van der Waals surface area contributed by atoms with Crippen molar-refractivity contribution < 1.29 is 0 Å². The molecule has 3 rings (SSSR count). The van der Waals surface area contributed by atoms with E-state index in [9.17, 15) is 0 Å². The molecular weight excluding hydrogens is 280 g/mol. The number of benzene rings is 1. The summed E-state index contributed by atoms with van der Waals surface area (Å²) in [6, 6.07) is 13.8. The summed E-state index contributed by atoms with van der Waals surface area (Å²) < 4.78 is 2.58. The molecule has 0 unspecified atom stereocenters. The molecule has 1 N–H and O–H groups in total. The number of fused-ring (bicyclic) bond motifs is 1. The number of para-hydroxylation sites is 1. The van der Waals surface area contributed by atoms with Gasteiger partial charge in [-0.3, -0.25) is 0 Å². The fraction of sp³-hybridized carbons (Fsp3) is 0. The van der Waals surface area contributed by atoms with Crippen LogP contribution in [0.2, 0.25) is 0 Å². The monoisotopic (exact) mass is 288 g/mol. The van der Waals surface area contributed by atoms with E-state index in [2.05, 4.69) is 31.3 Å². The molecule has 4 nitrogen and oxygen atoms in total. The van der Waals surface area contributed by atoms with E-state index >= 15 is 0 Å². The van der Waals surface area contributed by atoms with Crippen molar-refractivity contribution in [3.05, 3.63) is 53.3 Å². The van der Waals surface area contributed by atoms with Gasteiger partial charge in [-0.2, -0.15) is 0 Å². The fourth-order valence-electron chi connectivity index (χ4n) is 1.58. The average molecular weight is 289 g/mol. The first-order valence-corrected chi connectivity index (χ1v) is 5.94. The maximum absolute atomic E-state index is 4.43. The number of hydrogen-bond acceptors (Lipinski definition) is 3. The van der Waals surface area contributed by atoms with Crippen LogP contribution in [0.5, 0.6) is 0 Å². The molecule has 0 spiro atoms. The van der Waals surface area contributed by atoms with E-state index in [1.54, 1.807) is 10.7 Å². The highest BCUT2D eigenvalue weighted by molar-refractivity contribution is 9.10. The molecule has 0 aliphatic heterocycles. The van der Waals surface area contributed by atoms with E-state index in [1.807, 2.05) is 42.5 Å². The summed E-state index contributed by atoms with van der Waals surface area (Å²) in [7, 11) is 0. The van der Waals surface area contributed by atoms with Gasteiger partial charge in [-0.1, -0.05) is 18.2 Å². The summed E-state index contributed by atoms with van der Waals surface area (Å²) in [6.45, 7) is 0. The van der Waals surface area contributed by atoms with Crippen LogP contribution in [0.3, 0.4) is 0 Å². The Bertz CT molecular complexity index is 648. The Morgan fingerprint density at radius 3 is 2.71 bits per heavy atom. The molecule has 0 atom stereocenters. The van der Waals surface area contributed by atoms with Gasteiger partial charge in [0.1, 0.15) is 4.60 Å². The Morgan fingerprint density at radius 2 is 1.88 bits per heavy atom. The van der Waals surface area contributed by atoms with Crippen LogP contribution in [0.25, 0.3) is 5.65 Å². The summed E-state index contributed by atoms with van der Waals surface area (Å²) in [5.74, 6) is 0.780. The van der Waals surface area contributed by atoms with Crippen molar-refractivity contribution in [2.45, 2.75) is 0 Å². The molecule has 17 heavy (non-hydrogen) atoms. The Morgan fingerprint density at radius 1 is 1.06 bits per heavy atom. The number of rotatable bonds is 2. The highest BCUT2D eigenvalue weighted by Gasteiger charge is 2.02. The van der Waals surface area contributed by atoms with Gasteiger partial charge in [0.25, 0.3) is 0 Å². The molecule has 0 saturated carbocycles. The molecule has 0 fully saturated rings. The van der Waals surface area contributed by atoms with E-state index in [1.165, 1.54) is 0 Å². The van der Waals surface area contributed by atoms with Crippen LogP contribution in [0.1, 0.15) is 0 Å². The molecule has 0 saturated heterocycles. The molecule has 5 heteroatoms. The number of nitrogens with one attached hydrogen (secondary N) is 1. The first-order chi connectivity index (χ1) is 8.33. The SMILES string of the molecule is Brc1cnc2ccc(Nc3ccccc3)nn12. The highest BCUT2D eigenvalue weighted by Crippen LogP contribution is 2.16. The van der Waals surface area contributed by atoms with Gasteiger partial charge >= 0.3 is 0 Å². The van der Waals surface area contributed by atoms with Crippen molar-refractivity contribution in [1.82, 2.24) is 14.6 Å². The van der Waals surface area contributed by atoms with Gasteiger partial charge in [0.15, 0.2) is 11.5 Å². The van der Waals surface area contributed by atoms with Crippen molar-refractivity contribution in [2.75, 3.05) is 5.32 Å². The lowest BCUT2D eigenvalue weighted by Gasteiger charge is -2.05. The molecular formula is C12H9BrN4. The van der Waals surface area contributed by atoms with Gasteiger partial charge < -0.3 is 5.32 Å². The molecule has 2 heterocycles. The van der Waals surface area contributed by atoms with Crippen molar-refractivity contribution >= 4 is 33.1 Å². The van der Waals surface area contributed by atoms with Gasteiger partial charge in [-0.05, 0) is 40.2 Å². The summed E-state index contributed by atoms with van der Waals surface area (Å²) in [4.78, 5) is 4.19. The maximum Gasteiger partial charge on any atom is 0.154 e. The quantitative estimate of drug-likeness (QED) is 0.787. The zero-order valence-electron chi connectivity index (χ0n) is 8.84. The first-order valence-electron chi connectivity index (χ1n) is 5.15. The van der Waals surface area contributed by atoms with Crippen molar-refractivity contribution in [3.8, 4) is 0 Å². The second kappa shape index (κ2) is 4.18. The summed E-state index contributed by atoms with van der Waals surface area (Å²) in [6.07, 6.45) is 1.73. The first kappa shape index (κ1) is 10.3. The van der Waals surface area contributed by atoms with Crippen molar-refractivity contribution in [2.24, 2.45) is 0 Å². The van der Waals surface area contributed by atoms with Crippen molar-refractivity contribution in [1.29, 1.82) is 0 Å². The summed E-state index contributed by atoms with van der Waals surface area (Å²) >= 11 is 3.40. The van der Waals surface area contributed by atoms with E-state index < -0.39 is 0 Å². The number of halogens is 1. The smallest absolute Gasteiger partial charge is 0.154 e. The predicted octanol–water partition coefficient (Wildman–Crippen LogP) is 3.24. The number of nitrogens with zero attached hydrogens (tertiary/aromatic N) is 3. The Hall–Kier alpha value is -1.88. The number of imidazole rings is 1. The second-order valence-electron chi connectivity index (χ2n) is 3.56. The Kier molecular flexibility index (Phi) is 2.53. The van der Waals surface area contributed by atoms with Gasteiger partial charge in [-0.15, -0.1) is 5.10 Å². The maximum atomic E-state index is 4.43. The third kappa shape index (κ3) is 2.01. The van der Waals surface area contributed by atoms with E-state index in [0.717, 1.165) is 21.8 Å². The third-order valence-corrected chi connectivity index (χ3v) is 2.91. The fourth-order valence-corrected chi connectivity index (χ4v) is 1.94. The van der Waals surface area contributed by atoms with E-state index in [4.69, 9.17) is 0 Å². The highest BCUT2D eigenvalue weighted by atomic mass is 79.9. The lowest BCUT2D eigenvalue weighted by molar-refractivity contribution is 0.922. The Labute approximate surface area is 106 Å². The van der Waals surface area contributed by atoms with Gasteiger partial charge in [-0.25, -0.2) is 9.50 Å². The van der Waals surface area contributed by atoms with Crippen LogP contribution < -0.4 is 5.32 Å². The molecule has 0 amide bonds. The predicted molar refractivity (Wildman–Crippen MR) is 70.4 cm³/mol. The summed E-state index contributed by atoms with van der Waals surface area (Å²) in [5.41, 5.74) is 1.83. The molecule has 1 aromatic carbocycles. The normalized spacial score (nSPS) is 10.6. The second-order valence-corrected chi connectivity index (χ2v) is 4.37.